The van der Waals surface area contributed by atoms with Crippen LogP contribution in [0.2, 0.25) is 0 Å². The number of carbonyl (C=O) groups is 3. The molecule has 3 aliphatic heterocycles. The van der Waals surface area contributed by atoms with Crippen LogP contribution < -0.4 is 10.6 Å². The van der Waals surface area contributed by atoms with Crippen LogP contribution >= 0.6 is 11.8 Å². The molecule has 2 bridgehead atoms. The Labute approximate surface area is 235 Å². The van der Waals surface area contributed by atoms with Crippen molar-refractivity contribution in [3.05, 3.63) is 48.1 Å². The van der Waals surface area contributed by atoms with Gasteiger partial charge in [-0.2, -0.15) is 0 Å². The average Bonchev–Trinajstić information content (AvgIpc) is 3.60. The number of anilines is 1. The fourth-order valence-corrected chi connectivity index (χ4v) is 7.82. The lowest BCUT2D eigenvalue weighted by Gasteiger charge is -2.34. The number of hydrogen-bond acceptors (Lipinski definition) is 5. The van der Waals surface area contributed by atoms with E-state index < -0.39 is 29.6 Å². The van der Waals surface area contributed by atoms with Crippen molar-refractivity contribution < 1.29 is 19.1 Å². The molecule has 1 spiro atoms. The zero-order chi connectivity index (χ0) is 27.0. The molecular formula is C31H39N3O4S. The number of ether oxygens (including phenoxy) is 1. The topological polar surface area (TPSA) is 87.7 Å². The monoisotopic (exact) mass is 549 g/mol. The van der Waals surface area contributed by atoms with E-state index in [9.17, 15) is 14.4 Å². The predicted octanol–water partition coefficient (Wildman–Crippen LogP) is 4.84. The van der Waals surface area contributed by atoms with Crippen LogP contribution in [0.5, 0.6) is 0 Å². The predicted molar refractivity (Wildman–Crippen MR) is 152 cm³/mol. The van der Waals surface area contributed by atoms with E-state index in [1.807, 2.05) is 42.7 Å². The SMILES string of the molecule is CSc1cccc(NC(=O)[C@H]2[C@@H]3C=C[C@]4(O3)[C@@H]2C(=O)N(CCC2=CCCCC2)[C@@H]4C(=O)NC2CCCCC2)c1. The molecule has 2 N–H and O–H groups in total. The van der Waals surface area contributed by atoms with Gasteiger partial charge in [0.1, 0.15) is 11.6 Å². The normalized spacial score (nSPS) is 31.8. The minimum Gasteiger partial charge on any atom is -0.359 e. The van der Waals surface area contributed by atoms with Crippen LogP contribution in [0.15, 0.2) is 53.0 Å². The van der Waals surface area contributed by atoms with Crippen molar-refractivity contribution >= 4 is 35.2 Å². The Bertz CT molecular complexity index is 1190. The Morgan fingerprint density at radius 3 is 2.74 bits per heavy atom. The van der Waals surface area contributed by atoms with Gasteiger partial charge in [-0.15, -0.1) is 11.8 Å². The molecule has 0 unspecified atom stereocenters. The van der Waals surface area contributed by atoms with Gasteiger partial charge in [0.2, 0.25) is 17.7 Å². The number of thioether (sulfide) groups is 1. The largest absolute Gasteiger partial charge is 0.359 e. The summed E-state index contributed by atoms with van der Waals surface area (Å²) in [6.45, 7) is 0.470. The second-order valence-corrected chi connectivity index (χ2v) is 12.5. The van der Waals surface area contributed by atoms with E-state index in [2.05, 4.69) is 16.7 Å². The summed E-state index contributed by atoms with van der Waals surface area (Å²) in [5, 5.41) is 6.31. The summed E-state index contributed by atoms with van der Waals surface area (Å²) >= 11 is 1.61. The summed E-state index contributed by atoms with van der Waals surface area (Å²) < 4.78 is 6.50. The number of hydrogen-bond donors (Lipinski definition) is 2. The van der Waals surface area contributed by atoms with Crippen molar-refractivity contribution in [3.8, 4) is 0 Å². The first-order valence-electron chi connectivity index (χ1n) is 14.6. The van der Waals surface area contributed by atoms with E-state index in [1.54, 1.807) is 16.7 Å². The van der Waals surface area contributed by atoms with Crippen molar-refractivity contribution in [2.24, 2.45) is 11.8 Å². The van der Waals surface area contributed by atoms with Gasteiger partial charge in [-0.1, -0.05) is 49.1 Å². The molecule has 8 heteroatoms. The quantitative estimate of drug-likeness (QED) is 0.358. The van der Waals surface area contributed by atoms with Gasteiger partial charge in [0.25, 0.3) is 0 Å². The standard InChI is InChI=1S/C31H39N3O4S/c1-39-23-14-8-13-22(19-23)33-28(35)25-24-15-17-31(38-24)26(25)30(37)34(18-16-20-9-4-2-5-10-20)27(31)29(36)32-21-11-6-3-7-12-21/h8-9,13-15,17,19,21,24-27H,2-7,10-12,16,18H2,1H3,(H,32,36)(H,33,35)/t24-,25-,26-,27+,31-/m0/s1. The van der Waals surface area contributed by atoms with Gasteiger partial charge in [-0.25, -0.2) is 0 Å². The first-order valence-corrected chi connectivity index (χ1v) is 15.8. The van der Waals surface area contributed by atoms with Gasteiger partial charge in [-0.05, 0) is 69.4 Å². The van der Waals surface area contributed by atoms with Gasteiger partial charge >= 0.3 is 0 Å². The van der Waals surface area contributed by atoms with Crippen LogP contribution in [0, 0.1) is 11.8 Å². The summed E-state index contributed by atoms with van der Waals surface area (Å²) in [4.78, 5) is 44.6. The van der Waals surface area contributed by atoms with Crippen LogP contribution in [0.1, 0.15) is 64.2 Å². The minimum atomic E-state index is -1.11. The zero-order valence-electron chi connectivity index (χ0n) is 22.7. The summed E-state index contributed by atoms with van der Waals surface area (Å²) in [7, 11) is 0. The minimum absolute atomic E-state index is 0.130. The highest BCUT2D eigenvalue weighted by Gasteiger charge is 2.72. The Balaban J connectivity index is 1.27. The van der Waals surface area contributed by atoms with Gasteiger partial charge in [0, 0.05) is 23.2 Å². The molecule has 6 rings (SSSR count). The lowest BCUT2D eigenvalue weighted by molar-refractivity contribution is -0.141. The van der Waals surface area contributed by atoms with Crippen LogP contribution in [0.25, 0.3) is 0 Å². The fraction of sp³-hybridized carbons (Fsp3) is 0.581. The Morgan fingerprint density at radius 2 is 1.97 bits per heavy atom. The molecule has 7 nitrogen and oxygen atoms in total. The lowest BCUT2D eigenvalue weighted by Crippen LogP contribution is -2.56. The Morgan fingerprint density at radius 1 is 1.13 bits per heavy atom. The van der Waals surface area contributed by atoms with Gasteiger partial charge in [0.05, 0.1) is 17.9 Å². The molecule has 1 saturated carbocycles. The molecule has 1 aromatic rings. The summed E-state index contributed by atoms with van der Waals surface area (Å²) in [5.74, 6) is -1.90. The van der Waals surface area contributed by atoms with Crippen LogP contribution in [-0.4, -0.2) is 59.2 Å². The van der Waals surface area contributed by atoms with Crippen molar-refractivity contribution in [2.45, 2.75) is 92.9 Å². The van der Waals surface area contributed by atoms with E-state index in [-0.39, 0.29) is 23.8 Å². The molecule has 2 aliphatic carbocycles. The second kappa shape index (κ2) is 11.1. The number of allylic oxidation sites excluding steroid dienone is 1. The molecule has 5 atom stereocenters. The molecule has 2 saturated heterocycles. The number of amides is 3. The van der Waals surface area contributed by atoms with E-state index in [4.69, 9.17) is 4.74 Å². The van der Waals surface area contributed by atoms with Gasteiger partial charge in [-0.3, -0.25) is 14.4 Å². The first kappa shape index (κ1) is 26.6. The molecule has 0 aromatic heterocycles. The number of rotatable bonds is 8. The molecule has 1 aromatic carbocycles. The maximum Gasteiger partial charge on any atom is 0.246 e. The Hall–Kier alpha value is -2.58. The highest BCUT2D eigenvalue weighted by molar-refractivity contribution is 7.98. The van der Waals surface area contributed by atoms with Crippen molar-refractivity contribution in [2.75, 3.05) is 18.1 Å². The Kier molecular flexibility index (Phi) is 7.60. The van der Waals surface area contributed by atoms with E-state index in [0.717, 1.165) is 49.8 Å². The van der Waals surface area contributed by atoms with Crippen LogP contribution in [0.3, 0.4) is 0 Å². The number of fused-ring (bicyclic) bond motifs is 1. The van der Waals surface area contributed by atoms with Crippen LogP contribution in [0.4, 0.5) is 5.69 Å². The first-order chi connectivity index (χ1) is 19.0. The molecule has 39 heavy (non-hydrogen) atoms. The molecule has 3 heterocycles. The van der Waals surface area contributed by atoms with Crippen molar-refractivity contribution in [3.63, 3.8) is 0 Å². The molecule has 0 radical (unpaired) electrons. The molecule has 3 fully saturated rings. The van der Waals surface area contributed by atoms with E-state index in [0.29, 0.717) is 12.2 Å². The fourth-order valence-electron chi connectivity index (χ4n) is 7.36. The lowest BCUT2D eigenvalue weighted by atomic mass is 9.74. The maximum atomic E-state index is 14.1. The highest BCUT2D eigenvalue weighted by atomic mass is 32.2. The third-order valence-electron chi connectivity index (χ3n) is 9.27. The number of carbonyl (C=O) groups excluding carboxylic acids is 3. The summed E-state index contributed by atoms with van der Waals surface area (Å²) in [6, 6.07) is 7.06. The van der Waals surface area contributed by atoms with Crippen molar-refractivity contribution in [1.82, 2.24) is 10.2 Å². The third-order valence-corrected chi connectivity index (χ3v) is 10.00. The number of benzene rings is 1. The van der Waals surface area contributed by atoms with Gasteiger partial charge < -0.3 is 20.3 Å². The third kappa shape index (κ3) is 4.95. The molecule has 208 valence electrons. The average molecular weight is 550 g/mol. The number of nitrogens with zero attached hydrogens (tertiary/aromatic N) is 1. The summed E-state index contributed by atoms with van der Waals surface area (Å²) in [5.41, 5.74) is 0.953. The number of likely N-dealkylation sites (tertiary alicyclic amines) is 1. The molecule has 3 amide bonds. The zero-order valence-corrected chi connectivity index (χ0v) is 23.5. The smallest absolute Gasteiger partial charge is 0.246 e. The van der Waals surface area contributed by atoms with E-state index >= 15 is 0 Å². The summed E-state index contributed by atoms with van der Waals surface area (Å²) in [6.07, 6.45) is 18.2. The number of nitrogens with one attached hydrogen (secondary N) is 2. The van der Waals surface area contributed by atoms with Gasteiger partial charge in [0.15, 0.2) is 0 Å². The molecular weight excluding hydrogens is 510 g/mol. The van der Waals surface area contributed by atoms with E-state index in [1.165, 1.54) is 24.8 Å². The maximum absolute atomic E-state index is 14.1. The van der Waals surface area contributed by atoms with Crippen LogP contribution in [-0.2, 0) is 19.1 Å². The van der Waals surface area contributed by atoms with Crippen molar-refractivity contribution in [1.29, 1.82) is 0 Å². The highest BCUT2D eigenvalue weighted by Crippen LogP contribution is 2.55. The molecule has 5 aliphatic rings. The second-order valence-electron chi connectivity index (χ2n) is 11.7.